The zero-order valence-electron chi connectivity index (χ0n) is 13.4. The third kappa shape index (κ3) is 4.27. The molecule has 0 spiro atoms. The van der Waals surface area contributed by atoms with Gasteiger partial charge in [0.25, 0.3) is 5.91 Å². The highest BCUT2D eigenvalue weighted by Crippen LogP contribution is 2.19. The van der Waals surface area contributed by atoms with Gasteiger partial charge in [-0.15, -0.1) is 21.5 Å². The first-order valence-corrected chi connectivity index (χ1v) is 8.30. The second-order valence-electron chi connectivity index (χ2n) is 5.07. The molecule has 8 nitrogen and oxygen atoms in total. The molecular weight excluding hydrogens is 342 g/mol. The summed E-state index contributed by atoms with van der Waals surface area (Å²) in [6.07, 6.45) is 0. The van der Waals surface area contributed by atoms with Crippen molar-refractivity contribution >= 4 is 28.9 Å². The van der Waals surface area contributed by atoms with Crippen molar-refractivity contribution < 1.29 is 14.3 Å². The van der Waals surface area contributed by atoms with Gasteiger partial charge in [-0.2, -0.15) is 4.80 Å². The number of rotatable bonds is 6. The van der Waals surface area contributed by atoms with E-state index in [1.807, 2.05) is 35.7 Å². The lowest BCUT2D eigenvalue weighted by atomic mass is 10.3. The standard InChI is InChI=1S/C16H15N5O3S/c1-20(12-6-3-2-4-7-12)14(22)11-24-15(23)10-21-18-16(17-19-21)13-8-5-9-25-13/h2-9H,10-11H2,1H3. The summed E-state index contributed by atoms with van der Waals surface area (Å²) in [5, 5.41) is 13.7. The van der Waals surface area contributed by atoms with Crippen molar-refractivity contribution in [2.45, 2.75) is 6.54 Å². The van der Waals surface area contributed by atoms with E-state index in [2.05, 4.69) is 15.4 Å². The van der Waals surface area contributed by atoms with Gasteiger partial charge in [0.05, 0.1) is 4.88 Å². The van der Waals surface area contributed by atoms with E-state index >= 15 is 0 Å². The van der Waals surface area contributed by atoms with Gasteiger partial charge in [0, 0.05) is 12.7 Å². The lowest BCUT2D eigenvalue weighted by Gasteiger charge is -2.16. The molecule has 0 bridgehead atoms. The van der Waals surface area contributed by atoms with Crippen LogP contribution < -0.4 is 4.90 Å². The van der Waals surface area contributed by atoms with Crippen LogP contribution >= 0.6 is 11.3 Å². The summed E-state index contributed by atoms with van der Waals surface area (Å²) in [5.41, 5.74) is 0.724. The van der Waals surface area contributed by atoms with Crippen LogP contribution in [0, 0.1) is 0 Å². The van der Waals surface area contributed by atoms with Crippen molar-refractivity contribution in [2.24, 2.45) is 0 Å². The van der Waals surface area contributed by atoms with Crippen LogP contribution in [-0.4, -0.2) is 45.7 Å². The number of amides is 1. The molecule has 0 aliphatic heterocycles. The first-order chi connectivity index (χ1) is 12.1. The summed E-state index contributed by atoms with van der Waals surface area (Å²) in [7, 11) is 1.62. The zero-order chi connectivity index (χ0) is 17.6. The number of anilines is 1. The van der Waals surface area contributed by atoms with Gasteiger partial charge in [-0.1, -0.05) is 24.3 Å². The van der Waals surface area contributed by atoms with E-state index in [9.17, 15) is 9.59 Å². The monoisotopic (exact) mass is 357 g/mol. The van der Waals surface area contributed by atoms with E-state index in [0.29, 0.717) is 5.82 Å². The molecule has 0 saturated carbocycles. The van der Waals surface area contributed by atoms with E-state index in [4.69, 9.17) is 4.74 Å². The highest BCUT2D eigenvalue weighted by molar-refractivity contribution is 7.13. The minimum Gasteiger partial charge on any atom is -0.454 e. The molecule has 0 fully saturated rings. The van der Waals surface area contributed by atoms with E-state index in [0.717, 1.165) is 15.4 Å². The highest BCUT2D eigenvalue weighted by Gasteiger charge is 2.15. The number of hydrogen-bond acceptors (Lipinski definition) is 7. The number of tetrazole rings is 1. The molecule has 3 rings (SSSR count). The minimum absolute atomic E-state index is 0.208. The largest absolute Gasteiger partial charge is 0.454 e. The maximum Gasteiger partial charge on any atom is 0.330 e. The Morgan fingerprint density at radius 2 is 2.00 bits per heavy atom. The molecule has 0 aliphatic rings. The van der Waals surface area contributed by atoms with Gasteiger partial charge in [0.1, 0.15) is 0 Å². The lowest BCUT2D eigenvalue weighted by molar-refractivity contribution is -0.148. The molecule has 25 heavy (non-hydrogen) atoms. The lowest BCUT2D eigenvalue weighted by Crippen LogP contribution is -2.31. The van der Waals surface area contributed by atoms with Gasteiger partial charge in [0.2, 0.25) is 5.82 Å². The molecule has 9 heteroatoms. The van der Waals surface area contributed by atoms with E-state index in [-0.39, 0.29) is 19.1 Å². The van der Waals surface area contributed by atoms with Crippen LogP contribution in [0.15, 0.2) is 47.8 Å². The van der Waals surface area contributed by atoms with Crippen LogP contribution in [0.5, 0.6) is 0 Å². The SMILES string of the molecule is CN(C(=O)COC(=O)Cn1nnc(-c2cccs2)n1)c1ccccc1. The average Bonchev–Trinajstić information content (AvgIpc) is 3.31. The van der Waals surface area contributed by atoms with Crippen LogP contribution in [0.25, 0.3) is 10.7 Å². The molecule has 3 aromatic rings. The fraction of sp³-hybridized carbons (Fsp3) is 0.188. The number of ether oxygens (including phenoxy) is 1. The Morgan fingerprint density at radius 1 is 1.20 bits per heavy atom. The Bertz CT molecular complexity index is 848. The highest BCUT2D eigenvalue weighted by atomic mass is 32.1. The molecule has 1 aromatic carbocycles. The molecule has 0 atom stereocenters. The summed E-state index contributed by atoms with van der Waals surface area (Å²) in [6, 6.07) is 12.8. The van der Waals surface area contributed by atoms with E-state index in [1.165, 1.54) is 16.2 Å². The number of likely N-dealkylation sites (N-methyl/N-ethyl adjacent to an activating group) is 1. The predicted octanol–water partition coefficient (Wildman–Crippen LogP) is 1.61. The first-order valence-electron chi connectivity index (χ1n) is 7.42. The summed E-state index contributed by atoms with van der Waals surface area (Å²) in [5.74, 6) is -0.488. The molecule has 1 amide bonds. The molecule has 128 valence electrons. The Kier molecular flexibility index (Phi) is 5.14. The van der Waals surface area contributed by atoms with Crippen molar-refractivity contribution in [1.82, 2.24) is 20.2 Å². The summed E-state index contributed by atoms with van der Waals surface area (Å²) in [6.45, 7) is -0.558. The Labute approximate surface area is 147 Å². The molecule has 0 unspecified atom stereocenters. The summed E-state index contributed by atoms with van der Waals surface area (Å²) < 4.78 is 4.99. The Morgan fingerprint density at radius 3 is 2.72 bits per heavy atom. The predicted molar refractivity (Wildman–Crippen MR) is 91.9 cm³/mol. The average molecular weight is 357 g/mol. The fourth-order valence-corrected chi connectivity index (χ4v) is 2.66. The molecular formula is C16H15N5O3S. The summed E-state index contributed by atoms with van der Waals surface area (Å²) >= 11 is 1.48. The number of thiophene rings is 1. The van der Waals surface area contributed by atoms with Crippen LogP contribution in [0.3, 0.4) is 0 Å². The van der Waals surface area contributed by atoms with Crippen molar-refractivity contribution in [3.05, 3.63) is 47.8 Å². The normalized spacial score (nSPS) is 10.4. The van der Waals surface area contributed by atoms with E-state index < -0.39 is 5.97 Å². The van der Waals surface area contributed by atoms with E-state index in [1.54, 1.807) is 19.2 Å². The topological polar surface area (TPSA) is 90.2 Å². The van der Waals surface area contributed by atoms with Crippen molar-refractivity contribution in [1.29, 1.82) is 0 Å². The molecule has 0 saturated heterocycles. The number of hydrogen-bond donors (Lipinski definition) is 0. The van der Waals surface area contributed by atoms with Gasteiger partial charge in [0.15, 0.2) is 13.2 Å². The van der Waals surface area contributed by atoms with Crippen LogP contribution in [0.2, 0.25) is 0 Å². The van der Waals surface area contributed by atoms with Crippen molar-refractivity contribution in [3.8, 4) is 10.7 Å². The Balaban J connectivity index is 1.50. The molecule has 2 aromatic heterocycles. The van der Waals surface area contributed by atoms with Crippen LogP contribution in [0.4, 0.5) is 5.69 Å². The minimum atomic E-state index is -0.607. The number of para-hydroxylation sites is 1. The van der Waals surface area contributed by atoms with Crippen molar-refractivity contribution in [2.75, 3.05) is 18.6 Å². The quantitative estimate of drug-likeness (QED) is 0.623. The molecule has 0 aliphatic carbocycles. The zero-order valence-corrected chi connectivity index (χ0v) is 14.2. The maximum absolute atomic E-state index is 12.1. The number of nitrogens with zero attached hydrogens (tertiary/aromatic N) is 5. The maximum atomic E-state index is 12.1. The molecule has 0 N–H and O–H groups in total. The number of benzene rings is 1. The van der Waals surface area contributed by atoms with Crippen LogP contribution in [0.1, 0.15) is 0 Å². The van der Waals surface area contributed by atoms with Gasteiger partial charge >= 0.3 is 5.97 Å². The van der Waals surface area contributed by atoms with Gasteiger partial charge in [-0.3, -0.25) is 4.79 Å². The van der Waals surface area contributed by atoms with Gasteiger partial charge in [-0.25, -0.2) is 4.79 Å². The van der Waals surface area contributed by atoms with Gasteiger partial charge < -0.3 is 9.64 Å². The molecule has 2 heterocycles. The summed E-state index contributed by atoms with van der Waals surface area (Å²) in [4.78, 5) is 27.3. The second kappa shape index (κ2) is 7.67. The fourth-order valence-electron chi connectivity index (χ4n) is 2.01. The third-order valence-corrected chi connectivity index (χ3v) is 4.20. The van der Waals surface area contributed by atoms with Gasteiger partial charge in [-0.05, 0) is 28.8 Å². The Hall–Kier alpha value is -3.07. The first kappa shape index (κ1) is 16.8. The van der Waals surface area contributed by atoms with Crippen LogP contribution in [-0.2, 0) is 20.9 Å². The molecule has 0 radical (unpaired) electrons. The number of carbonyl (C=O) groups excluding carboxylic acids is 2. The number of aromatic nitrogens is 4. The number of carbonyl (C=O) groups is 2. The third-order valence-electron chi connectivity index (χ3n) is 3.34. The number of esters is 1. The second-order valence-corrected chi connectivity index (χ2v) is 6.02. The smallest absolute Gasteiger partial charge is 0.330 e. The van der Waals surface area contributed by atoms with Crippen molar-refractivity contribution in [3.63, 3.8) is 0 Å².